The maximum absolute atomic E-state index is 13.3. The monoisotopic (exact) mass is 1030 g/mol. The van der Waals surface area contributed by atoms with E-state index in [4.69, 9.17) is 28.7 Å². The molecule has 0 aliphatic rings. The highest BCUT2D eigenvalue weighted by atomic mass is 32.2. The van der Waals surface area contributed by atoms with Crippen molar-refractivity contribution in [2.45, 2.75) is 62.9 Å². The van der Waals surface area contributed by atoms with Crippen molar-refractivity contribution in [2.75, 3.05) is 123 Å². The fourth-order valence-electron chi connectivity index (χ4n) is 6.21. The van der Waals surface area contributed by atoms with Crippen LogP contribution in [0.5, 0.6) is 0 Å². The van der Waals surface area contributed by atoms with Crippen LogP contribution in [0.2, 0.25) is 0 Å². The molecule has 0 heterocycles. The number of nitrogens with zero attached hydrogens (tertiary/aromatic N) is 3. The number of hydrogen-bond acceptors (Lipinski definition) is 11. The summed E-state index contributed by atoms with van der Waals surface area (Å²) < 4.78 is 0. The van der Waals surface area contributed by atoms with E-state index in [1.54, 1.807) is 17.8 Å². The molecular formula is C45H85N12O3S6+3. The molecule has 0 radical (unpaired) electrons. The molecule has 0 aliphatic heterocycles. The van der Waals surface area contributed by atoms with Gasteiger partial charge in [0.15, 0.2) is 5.82 Å². The average Bonchev–Trinajstić information content (AvgIpc) is 3.28. The molecule has 376 valence electrons. The Bertz CT molecular complexity index is 1540. The molecule has 0 aromatic heterocycles. The maximum Gasteiger partial charge on any atom is 0.338 e. The number of amides is 3. The van der Waals surface area contributed by atoms with Crippen molar-refractivity contribution in [3.63, 3.8) is 0 Å². The van der Waals surface area contributed by atoms with Gasteiger partial charge in [0.25, 0.3) is 0 Å². The van der Waals surface area contributed by atoms with E-state index in [1.807, 2.05) is 73.5 Å². The van der Waals surface area contributed by atoms with Crippen molar-refractivity contribution in [3.05, 3.63) is 60.4 Å². The minimum absolute atomic E-state index is 0.141. The molecule has 0 saturated heterocycles. The number of carbonyl (C=O) groups excluding carboxylic acids is 3. The Hall–Kier alpha value is -2.53. The second-order valence-electron chi connectivity index (χ2n) is 15.4. The summed E-state index contributed by atoms with van der Waals surface area (Å²) in [6.45, 7) is 13.6. The number of rotatable bonds is 44. The van der Waals surface area contributed by atoms with E-state index >= 15 is 0 Å². The Kier molecular flexibility index (Phi) is 39.7. The van der Waals surface area contributed by atoms with E-state index in [9.17, 15) is 14.4 Å². The Morgan fingerprint density at radius 3 is 1.50 bits per heavy atom. The number of nitrogens with one attached hydrogen (secondary N) is 3. The standard InChI is InChI=1S/C45H82N12O3S6/c1-3-19-55(22-16-52-38(2)47)41(58)12-32-63-31-9-29-62-26-6-20-56(23-17-53-44(48)49)43(60)14-34-66-37-40-11-4-10-39(35-40)36-65-27-7-21-57(24-18-54-45(50)51)42(59)13-33-64-30-8-28-61-25-5-15-46/h3-4,10-11,35,52H,1-2,5-9,12-34,36-37,46-47H2,(H4,48,49,53)(H4,50,51,54)/p+3. The summed E-state index contributed by atoms with van der Waals surface area (Å²) in [6.07, 6.45) is 8.42. The van der Waals surface area contributed by atoms with Crippen molar-refractivity contribution >= 4 is 100 Å². The van der Waals surface area contributed by atoms with Crippen LogP contribution in [0.1, 0.15) is 62.5 Å². The number of thioether (sulfide) groups is 6. The second-order valence-corrected chi connectivity index (χ2v) is 22.5. The summed E-state index contributed by atoms with van der Waals surface area (Å²) in [4.78, 5) is 50.6. The molecule has 0 bridgehead atoms. The molecule has 1 rings (SSSR count). The fraction of sp³-hybridized carbons (Fsp3) is 0.667. The largest absolute Gasteiger partial charge is 0.340 e. The highest BCUT2D eigenvalue weighted by molar-refractivity contribution is 8.00. The molecule has 21 heteroatoms. The van der Waals surface area contributed by atoms with Crippen molar-refractivity contribution < 1.29 is 30.1 Å². The van der Waals surface area contributed by atoms with Crippen LogP contribution >= 0.6 is 70.6 Å². The van der Waals surface area contributed by atoms with Crippen molar-refractivity contribution in [2.24, 2.45) is 28.7 Å². The molecule has 66 heavy (non-hydrogen) atoms. The summed E-state index contributed by atoms with van der Waals surface area (Å²) in [5.41, 5.74) is 34.3. The fourth-order valence-corrected chi connectivity index (χ4v) is 11.9. The number of quaternary nitrogens is 1. The number of benzene rings is 1. The van der Waals surface area contributed by atoms with Crippen molar-refractivity contribution in [3.8, 4) is 0 Å². The molecule has 1 aromatic carbocycles. The first-order valence-electron chi connectivity index (χ1n) is 23.1. The third-order valence-electron chi connectivity index (χ3n) is 9.58. The van der Waals surface area contributed by atoms with E-state index < -0.39 is 0 Å². The second kappa shape index (κ2) is 42.6. The first kappa shape index (κ1) is 61.5. The van der Waals surface area contributed by atoms with E-state index in [2.05, 4.69) is 58.5 Å². The van der Waals surface area contributed by atoms with Crippen molar-refractivity contribution in [1.82, 2.24) is 20.0 Å². The molecule has 0 fully saturated rings. The first-order valence-corrected chi connectivity index (χ1v) is 30.1. The van der Waals surface area contributed by atoms with Gasteiger partial charge in [-0.3, -0.25) is 47.3 Å². The van der Waals surface area contributed by atoms with Gasteiger partial charge in [-0.1, -0.05) is 30.3 Å². The van der Waals surface area contributed by atoms with Crippen LogP contribution in [-0.4, -0.2) is 167 Å². The van der Waals surface area contributed by atoms with Gasteiger partial charge in [-0.25, -0.2) is 0 Å². The quantitative estimate of drug-likeness (QED) is 0.0178. The Morgan fingerprint density at radius 2 is 1.03 bits per heavy atom. The van der Waals surface area contributed by atoms with Gasteiger partial charge < -0.3 is 31.5 Å². The molecular weight excluding hydrogens is 949 g/mol. The number of carbonyl (C=O) groups is 3. The van der Waals surface area contributed by atoms with Gasteiger partial charge in [-0.2, -0.15) is 70.6 Å². The average molecular weight is 1030 g/mol. The highest BCUT2D eigenvalue weighted by Gasteiger charge is 2.16. The molecule has 15 nitrogen and oxygen atoms in total. The van der Waals surface area contributed by atoms with Gasteiger partial charge >= 0.3 is 11.9 Å². The lowest BCUT2D eigenvalue weighted by molar-refractivity contribution is -0.459. The van der Waals surface area contributed by atoms with E-state index in [-0.39, 0.29) is 29.6 Å². The summed E-state index contributed by atoms with van der Waals surface area (Å²) in [6, 6.07) is 8.69. The topological polar surface area (TPSA) is 259 Å². The highest BCUT2D eigenvalue weighted by Crippen LogP contribution is 2.20. The molecule has 3 amide bonds. The van der Waals surface area contributed by atoms with Crippen LogP contribution in [0.4, 0.5) is 0 Å². The minimum Gasteiger partial charge on any atom is -0.340 e. The van der Waals surface area contributed by atoms with Crippen LogP contribution < -0.4 is 49.7 Å². The van der Waals surface area contributed by atoms with Crippen LogP contribution in [0, 0.1) is 0 Å². The Morgan fingerprint density at radius 1 is 0.606 bits per heavy atom. The molecule has 16 N–H and O–H groups in total. The molecule has 0 saturated carbocycles. The summed E-state index contributed by atoms with van der Waals surface area (Å²) >= 11 is 11.2. The lowest BCUT2D eigenvalue weighted by Crippen LogP contribution is -2.79. The van der Waals surface area contributed by atoms with Gasteiger partial charge in [0.2, 0.25) is 17.7 Å². The van der Waals surface area contributed by atoms with Crippen LogP contribution in [0.25, 0.3) is 0 Å². The minimum atomic E-state index is 0.141. The zero-order chi connectivity index (χ0) is 48.5. The first-order chi connectivity index (χ1) is 32.0. The Balaban J connectivity index is 2.40. The number of nitrogens with two attached hydrogens (primary N) is 5. The normalized spacial score (nSPS) is 10.9. The summed E-state index contributed by atoms with van der Waals surface area (Å²) in [7, 11) is 0. The van der Waals surface area contributed by atoms with Gasteiger partial charge in [-0.15, -0.1) is 6.58 Å². The Labute approximate surface area is 422 Å². The van der Waals surface area contributed by atoms with Gasteiger partial charge in [0.1, 0.15) is 0 Å². The smallest absolute Gasteiger partial charge is 0.338 e. The molecule has 0 atom stereocenters. The third-order valence-corrected chi connectivity index (χ3v) is 16.2. The predicted molar refractivity (Wildman–Crippen MR) is 292 cm³/mol. The van der Waals surface area contributed by atoms with Crippen LogP contribution in [0.15, 0.2) is 49.3 Å². The van der Waals surface area contributed by atoms with Gasteiger partial charge in [0, 0.05) is 80.8 Å². The van der Waals surface area contributed by atoms with Gasteiger partial charge in [0.05, 0.1) is 26.2 Å². The lowest BCUT2D eigenvalue weighted by Gasteiger charge is -2.22. The molecule has 0 unspecified atom stereocenters. The lowest BCUT2D eigenvalue weighted by atomic mass is 10.2. The molecule has 1 aromatic rings. The summed E-state index contributed by atoms with van der Waals surface area (Å²) in [5, 5.41) is 3.07. The third kappa shape index (κ3) is 35.6. The predicted octanol–water partition coefficient (Wildman–Crippen LogP) is -0.152. The summed E-state index contributed by atoms with van der Waals surface area (Å²) in [5.74, 6) is 12.9. The van der Waals surface area contributed by atoms with Gasteiger partial charge in [-0.05, 0) is 96.6 Å². The SMILES string of the molecule is C=CCN(CCNC(=C)[NH3+])C(=O)CCSCCCSCCCN(CC[NH+]=C(N)N)C(=O)CCSCc1cccc(CSCCCN(CC[NH+]=C(N)N)C(=O)CCSCCCSCCCN)c1. The number of hydrogen-bond donors (Lipinski definition) is 9. The zero-order valence-corrected chi connectivity index (χ0v) is 44.5. The zero-order valence-electron chi connectivity index (χ0n) is 39.6. The maximum atomic E-state index is 13.3. The van der Waals surface area contributed by atoms with Crippen LogP contribution in [0.3, 0.4) is 0 Å². The molecule has 0 aliphatic carbocycles. The number of guanidine groups is 2. The molecule has 0 spiro atoms. The van der Waals surface area contributed by atoms with Crippen molar-refractivity contribution in [1.29, 1.82) is 0 Å². The van der Waals surface area contributed by atoms with E-state index in [0.717, 1.165) is 108 Å². The van der Waals surface area contributed by atoms with Crippen LogP contribution in [-0.2, 0) is 25.9 Å². The van der Waals surface area contributed by atoms with E-state index in [1.165, 1.54) is 11.1 Å². The van der Waals surface area contributed by atoms with E-state index in [0.29, 0.717) is 84.0 Å².